The first-order chi connectivity index (χ1) is 8.20. The third-order valence-electron chi connectivity index (χ3n) is 3.33. The summed E-state index contributed by atoms with van der Waals surface area (Å²) < 4.78 is 4.27. The molecule has 0 saturated heterocycles. The lowest BCUT2D eigenvalue weighted by atomic mass is 10.2. The van der Waals surface area contributed by atoms with E-state index >= 15 is 0 Å². The van der Waals surface area contributed by atoms with Gasteiger partial charge < -0.3 is 4.57 Å². The van der Waals surface area contributed by atoms with Crippen LogP contribution < -0.4 is 0 Å². The van der Waals surface area contributed by atoms with Gasteiger partial charge in [-0.2, -0.15) is 5.10 Å². The van der Waals surface area contributed by atoms with Gasteiger partial charge in [0.15, 0.2) is 0 Å². The standard InChI is InChI=1S/C13H18ClN3/c1-9(2)8-16-5-6-17-13(16)11(7-14)12(15-17)10-3-4-10/h5-6,9-10H,3-4,7-8H2,1-2H3. The van der Waals surface area contributed by atoms with Crippen molar-refractivity contribution in [3.05, 3.63) is 23.7 Å². The SMILES string of the molecule is CC(C)Cn1ccn2nc(C3CC3)c(CCl)c12. The molecule has 3 nitrogen and oxygen atoms in total. The molecule has 2 aromatic rings. The van der Waals surface area contributed by atoms with Crippen LogP contribution in [0.15, 0.2) is 12.4 Å². The number of fused-ring (bicyclic) bond motifs is 1. The molecule has 0 N–H and O–H groups in total. The van der Waals surface area contributed by atoms with Crippen molar-refractivity contribution in [2.24, 2.45) is 5.92 Å². The molecule has 0 aliphatic heterocycles. The largest absolute Gasteiger partial charge is 0.331 e. The normalized spacial score (nSPS) is 16.2. The quantitative estimate of drug-likeness (QED) is 0.764. The summed E-state index contributed by atoms with van der Waals surface area (Å²) in [5, 5.41) is 4.68. The fourth-order valence-corrected chi connectivity index (χ4v) is 2.71. The summed E-state index contributed by atoms with van der Waals surface area (Å²) in [5.41, 5.74) is 3.66. The van der Waals surface area contributed by atoms with Crippen molar-refractivity contribution >= 4 is 17.2 Å². The van der Waals surface area contributed by atoms with E-state index in [9.17, 15) is 0 Å². The number of aromatic nitrogens is 3. The van der Waals surface area contributed by atoms with Crippen molar-refractivity contribution < 1.29 is 0 Å². The Morgan fingerprint density at radius 2 is 2.18 bits per heavy atom. The smallest absolute Gasteiger partial charge is 0.140 e. The van der Waals surface area contributed by atoms with Crippen LogP contribution in [0.5, 0.6) is 0 Å². The van der Waals surface area contributed by atoms with Crippen LogP contribution in [0.1, 0.15) is 43.9 Å². The maximum absolute atomic E-state index is 6.12. The zero-order chi connectivity index (χ0) is 12.0. The van der Waals surface area contributed by atoms with E-state index in [0.29, 0.717) is 17.7 Å². The van der Waals surface area contributed by atoms with Gasteiger partial charge in [-0.25, -0.2) is 4.52 Å². The molecule has 0 atom stereocenters. The second kappa shape index (κ2) is 4.05. The lowest BCUT2D eigenvalue weighted by Gasteiger charge is -2.07. The molecule has 1 fully saturated rings. The molecular formula is C13H18ClN3. The molecule has 0 bridgehead atoms. The number of rotatable bonds is 4. The van der Waals surface area contributed by atoms with Crippen LogP contribution in [-0.2, 0) is 12.4 Å². The molecule has 3 rings (SSSR count). The molecule has 1 saturated carbocycles. The van der Waals surface area contributed by atoms with Gasteiger partial charge in [-0.05, 0) is 18.8 Å². The molecule has 0 unspecified atom stereocenters. The van der Waals surface area contributed by atoms with Gasteiger partial charge in [-0.1, -0.05) is 13.8 Å². The minimum atomic E-state index is 0.567. The Morgan fingerprint density at radius 1 is 1.41 bits per heavy atom. The monoisotopic (exact) mass is 251 g/mol. The fraction of sp³-hybridized carbons (Fsp3) is 0.615. The molecule has 2 heterocycles. The van der Waals surface area contributed by atoms with Crippen LogP contribution in [0.25, 0.3) is 5.65 Å². The predicted molar refractivity (Wildman–Crippen MR) is 69.6 cm³/mol. The predicted octanol–water partition coefficient (Wildman–Crippen LogP) is 3.41. The molecule has 1 aliphatic rings. The molecule has 0 spiro atoms. The van der Waals surface area contributed by atoms with Gasteiger partial charge in [-0.3, -0.25) is 0 Å². The fourth-order valence-electron chi connectivity index (χ4n) is 2.45. The van der Waals surface area contributed by atoms with E-state index < -0.39 is 0 Å². The summed E-state index contributed by atoms with van der Waals surface area (Å²) in [6.07, 6.45) is 6.69. The van der Waals surface area contributed by atoms with Crippen LogP contribution in [0.4, 0.5) is 0 Å². The molecule has 0 radical (unpaired) electrons. The van der Waals surface area contributed by atoms with Crippen molar-refractivity contribution in [1.82, 2.24) is 14.2 Å². The molecular weight excluding hydrogens is 234 g/mol. The summed E-state index contributed by atoms with van der Waals surface area (Å²) in [6.45, 7) is 5.49. The number of alkyl halides is 1. The van der Waals surface area contributed by atoms with Gasteiger partial charge >= 0.3 is 0 Å². The lowest BCUT2D eigenvalue weighted by Crippen LogP contribution is -2.04. The Balaban J connectivity index is 2.11. The van der Waals surface area contributed by atoms with Gasteiger partial charge in [0.25, 0.3) is 0 Å². The zero-order valence-electron chi connectivity index (χ0n) is 10.4. The van der Waals surface area contributed by atoms with E-state index in [-0.39, 0.29) is 0 Å². The maximum Gasteiger partial charge on any atom is 0.140 e. The first kappa shape index (κ1) is 11.1. The summed E-state index contributed by atoms with van der Waals surface area (Å²) in [5.74, 6) is 1.86. The van der Waals surface area contributed by atoms with E-state index in [0.717, 1.165) is 6.54 Å². The van der Waals surface area contributed by atoms with Crippen molar-refractivity contribution in [2.45, 2.75) is 45.0 Å². The van der Waals surface area contributed by atoms with Crippen LogP contribution in [0.3, 0.4) is 0 Å². The summed E-state index contributed by atoms with van der Waals surface area (Å²) >= 11 is 6.12. The second-order valence-electron chi connectivity index (χ2n) is 5.38. The van der Waals surface area contributed by atoms with Crippen LogP contribution >= 0.6 is 11.6 Å². The minimum Gasteiger partial charge on any atom is -0.331 e. The third kappa shape index (κ3) is 1.86. The Kier molecular flexibility index (Phi) is 2.66. The van der Waals surface area contributed by atoms with Gasteiger partial charge in [-0.15, -0.1) is 11.6 Å². The maximum atomic E-state index is 6.12. The molecule has 2 aromatic heterocycles. The Labute approximate surface area is 106 Å². The van der Waals surface area contributed by atoms with E-state index in [1.807, 2.05) is 10.7 Å². The van der Waals surface area contributed by atoms with Gasteiger partial charge in [0.1, 0.15) is 5.65 Å². The molecule has 1 aliphatic carbocycles. The van der Waals surface area contributed by atoms with Gasteiger partial charge in [0.05, 0.1) is 11.6 Å². The first-order valence-electron chi connectivity index (χ1n) is 6.33. The summed E-state index contributed by atoms with van der Waals surface area (Å²) in [7, 11) is 0. The number of hydrogen-bond acceptors (Lipinski definition) is 1. The zero-order valence-corrected chi connectivity index (χ0v) is 11.1. The van der Waals surface area contributed by atoms with Gasteiger partial charge in [0, 0.05) is 30.4 Å². The highest BCUT2D eigenvalue weighted by molar-refractivity contribution is 6.17. The second-order valence-corrected chi connectivity index (χ2v) is 5.65. The van der Waals surface area contributed by atoms with E-state index in [1.165, 1.54) is 29.7 Å². The average Bonchev–Trinajstić information content (AvgIpc) is 2.96. The lowest BCUT2D eigenvalue weighted by molar-refractivity contribution is 0.533. The molecule has 0 aromatic carbocycles. The van der Waals surface area contributed by atoms with Crippen molar-refractivity contribution in [2.75, 3.05) is 0 Å². The van der Waals surface area contributed by atoms with Crippen molar-refractivity contribution in [3.8, 4) is 0 Å². The Hall–Kier alpha value is -0.960. The van der Waals surface area contributed by atoms with Crippen LogP contribution in [-0.4, -0.2) is 14.2 Å². The van der Waals surface area contributed by atoms with Crippen LogP contribution in [0.2, 0.25) is 0 Å². The number of hydrogen-bond donors (Lipinski definition) is 0. The van der Waals surface area contributed by atoms with E-state index in [4.69, 9.17) is 11.6 Å². The minimum absolute atomic E-state index is 0.567. The number of halogens is 1. The Morgan fingerprint density at radius 3 is 2.76 bits per heavy atom. The molecule has 4 heteroatoms. The highest BCUT2D eigenvalue weighted by Crippen LogP contribution is 2.42. The highest BCUT2D eigenvalue weighted by atomic mass is 35.5. The molecule has 0 amide bonds. The number of nitrogens with zero attached hydrogens (tertiary/aromatic N) is 3. The topological polar surface area (TPSA) is 22.2 Å². The van der Waals surface area contributed by atoms with Gasteiger partial charge in [0.2, 0.25) is 0 Å². The molecule has 17 heavy (non-hydrogen) atoms. The average molecular weight is 252 g/mol. The van der Waals surface area contributed by atoms with E-state index in [1.54, 1.807) is 0 Å². The first-order valence-corrected chi connectivity index (χ1v) is 6.86. The van der Waals surface area contributed by atoms with Crippen molar-refractivity contribution in [3.63, 3.8) is 0 Å². The number of imidazole rings is 1. The summed E-state index contributed by atoms with van der Waals surface area (Å²) in [4.78, 5) is 0. The van der Waals surface area contributed by atoms with Crippen LogP contribution in [0, 0.1) is 5.92 Å². The van der Waals surface area contributed by atoms with E-state index in [2.05, 4.69) is 29.7 Å². The highest BCUT2D eigenvalue weighted by Gasteiger charge is 2.30. The molecule has 92 valence electrons. The third-order valence-corrected chi connectivity index (χ3v) is 3.60. The van der Waals surface area contributed by atoms with Crippen molar-refractivity contribution in [1.29, 1.82) is 0 Å². The Bertz CT molecular complexity index is 534. The summed E-state index contributed by atoms with van der Waals surface area (Å²) in [6, 6.07) is 0.